The maximum Gasteiger partial charge on any atom is 0.250 e. The van der Waals surface area contributed by atoms with Crippen molar-refractivity contribution in [1.82, 2.24) is 5.32 Å². The normalized spacial score (nSPS) is 13.3. The lowest BCUT2D eigenvalue weighted by atomic mass is 10.0. The summed E-state index contributed by atoms with van der Waals surface area (Å²) in [6.07, 6.45) is 1.99. The van der Waals surface area contributed by atoms with Crippen molar-refractivity contribution in [1.29, 1.82) is 0 Å². The van der Waals surface area contributed by atoms with Gasteiger partial charge in [-0.1, -0.05) is 13.0 Å². The van der Waals surface area contributed by atoms with E-state index in [2.05, 4.69) is 16.7 Å². The number of anilines is 1. The fourth-order valence-corrected chi connectivity index (χ4v) is 2.06. The van der Waals surface area contributed by atoms with Crippen molar-refractivity contribution in [2.75, 3.05) is 25.1 Å². The Bertz CT molecular complexity index is 424. The van der Waals surface area contributed by atoms with Gasteiger partial charge in [-0.25, -0.2) is 0 Å². The number of fused-ring (bicyclic) bond motifs is 1. The van der Waals surface area contributed by atoms with Gasteiger partial charge >= 0.3 is 0 Å². The summed E-state index contributed by atoms with van der Waals surface area (Å²) in [6.45, 7) is 4.69. The van der Waals surface area contributed by atoms with Crippen LogP contribution < -0.4 is 10.6 Å². The predicted octanol–water partition coefficient (Wildman–Crippen LogP) is 2.12. The van der Waals surface area contributed by atoms with Crippen LogP contribution in [0.4, 0.5) is 5.69 Å². The largest absolute Gasteiger partial charge is 0.372 e. The van der Waals surface area contributed by atoms with Crippen LogP contribution in [0.15, 0.2) is 18.2 Å². The molecule has 0 radical (unpaired) electrons. The quantitative estimate of drug-likeness (QED) is 0.815. The Morgan fingerprint density at radius 2 is 2.26 bits per heavy atom. The monoisotopic (exact) mass is 284 g/mol. The maximum atomic E-state index is 11.6. The topological polar surface area (TPSA) is 50.4 Å². The zero-order valence-corrected chi connectivity index (χ0v) is 12.0. The second kappa shape index (κ2) is 8.15. The van der Waals surface area contributed by atoms with Crippen molar-refractivity contribution in [3.63, 3.8) is 0 Å². The molecule has 0 saturated heterocycles. The van der Waals surface area contributed by atoms with Gasteiger partial charge in [-0.3, -0.25) is 4.79 Å². The van der Waals surface area contributed by atoms with Gasteiger partial charge in [-0.05, 0) is 42.6 Å². The van der Waals surface area contributed by atoms with Crippen LogP contribution >= 0.6 is 12.4 Å². The minimum absolute atomic E-state index is 0. The Labute approximate surface area is 120 Å². The van der Waals surface area contributed by atoms with E-state index in [1.807, 2.05) is 19.1 Å². The SMILES string of the molecule is CCCOCC(=O)Nc1ccc2c(c1)CNCC2.Cl. The Kier molecular flexibility index (Phi) is 6.84. The van der Waals surface area contributed by atoms with E-state index in [4.69, 9.17) is 4.74 Å². The first kappa shape index (κ1) is 16.0. The molecular weight excluding hydrogens is 264 g/mol. The lowest BCUT2D eigenvalue weighted by molar-refractivity contribution is -0.120. The van der Waals surface area contributed by atoms with Gasteiger partial charge in [0.2, 0.25) is 5.91 Å². The van der Waals surface area contributed by atoms with Gasteiger partial charge in [0.05, 0.1) is 0 Å². The zero-order valence-electron chi connectivity index (χ0n) is 11.2. The van der Waals surface area contributed by atoms with Gasteiger partial charge in [0.15, 0.2) is 0 Å². The summed E-state index contributed by atoms with van der Waals surface area (Å²) in [7, 11) is 0. The van der Waals surface area contributed by atoms with E-state index < -0.39 is 0 Å². The lowest BCUT2D eigenvalue weighted by Crippen LogP contribution is -2.24. The van der Waals surface area contributed by atoms with Gasteiger partial charge in [0.25, 0.3) is 0 Å². The second-order valence-corrected chi connectivity index (χ2v) is 4.51. The molecule has 2 N–H and O–H groups in total. The lowest BCUT2D eigenvalue weighted by Gasteiger charge is -2.18. The predicted molar refractivity (Wildman–Crippen MR) is 78.8 cm³/mol. The molecule has 1 aliphatic heterocycles. The summed E-state index contributed by atoms with van der Waals surface area (Å²) in [5.74, 6) is -0.0906. The highest BCUT2D eigenvalue weighted by Crippen LogP contribution is 2.18. The van der Waals surface area contributed by atoms with E-state index in [-0.39, 0.29) is 24.9 Å². The molecule has 1 amide bonds. The third-order valence-corrected chi connectivity index (χ3v) is 2.96. The van der Waals surface area contributed by atoms with E-state index in [0.717, 1.165) is 31.6 Å². The van der Waals surface area contributed by atoms with Gasteiger partial charge in [-0.2, -0.15) is 0 Å². The fraction of sp³-hybridized carbons (Fsp3) is 0.500. The summed E-state index contributed by atoms with van der Waals surface area (Å²) < 4.78 is 5.21. The third kappa shape index (κ3) is 4.82. The molecule has 1 aliphatic rings. The molecule has 0 spiro atoms. The summed E-state index contributed by atoms with van der Waals surface area (Å²) in [5.41, 5.74) is 3.49. The third-order valence-electron chi connectivity index (χ3n) is 2.96. The summed E-state index contributed by atoms with van der Waals surface area (Å²) in [6, 6.07) is 6.10. The molecule has 0 saturated carbocycles. The van der Waals surface area contributed by atoms with Crippen LogP contribution in [0.1, 0.15) is 24.5 Å². The van der Waals surface area contributed by atoms with Crippen LogP contribution in [-0.2, 0) is 22.5 Å². The summed E-state index contributed by atoms with van der Waals surface area (Å²) in [4.78, 5) is 11.6. The molecular formula is C14H21ClN2O2. The highest BCUT2D eigenvalue weighted by atomic mass is 35.5. The highest BCUT2D eigenvalue weighted by Gasteiger charge is 2.10. The van der Waals surface area contributed by atoms with E-state index in [0.29, 0.717) is 6.61 Å². The number of benzene rings is 1. The molecule has 0 unspecified atom stereocenters. The minimum atomic E-state index is -0.0906. The van der Waals surface area contributed by atoms with Crippen LogP contribution in [0.3, 0.4) is 0 Å². The van der Waals surface area contributed by atoms with Gasteiger partial charge < -0.3 is 15.4 Å². The van der Waals surface area contributed by atoms with Crippen molar-refractivity contribution < 1.29 is 9.53 Å². The highest BCUT2D eigenvalue weighted by molar-refractivity contribution is 5.91. The summed E-state index contributed by atoms with van der Waals surface area (Å²) in [5, 5.41) is 6.19. The standard InChI is InChI=1S/C14H20N2O2.ClH/c1-2-7-18-10-14(17)16-13-4-3-11-5-6-15-9-12(11)8-13;/h3-4,8,15H,2,5-7,9-10H2,1H3,(H,16,17);1H. The molecule has 0 aromatic heterocycles. The van der Waals surface area contributed by atoms with Crippen LogP contribution in [0.25, 0.3) is 0 Å². The number of nitrogens with one attached hydrogen (secondary N) is 2. The first-order valence-corrected chi connectivity index (χ1v) is 6.49. The second-order valence-electron chi connectivity index (χ2n) is 4.51. The molecule has 5 heteroatoms. The Hall–Kier alpha value is -1.10. The van der Waals surface area contributed by atoms with E-state index in [1.165, 1.54) is 11.1 Å². The number of amides is 1. The van der Waals surface area contributed by atoms with E-state index in [9.17, 15) is 4.79 Å². The molecule has 0 fully saturated rings. The first-order chi connectivity index (χ1) is 8.79. The molecule has 4 nitrogen and oxygen atoms in total. The minimum Gasteiger partial charge on any atom is -0.372 e. The molecule has 1 heterocycles. The van der Waals surface area contributed by atoms with Crippen LogP contribution in [-0.4, -0.2) is 25.7 Å². The number of carbonyl (C=O) groups excluding carboxylic acids is 1. The molecule has 0 aliphatic carbocycles. The van der Waals surface area contributed by atoms with Crippen molar-refractivity contribution in [3.8, 4) is 0 Å². The molecule has 0 bridgehead atoms. The Morgan fingerprint density at radius 3 is 3.05 bits per heavy atom. The number of hydrogen-bond acceptors (Lipinski definition) is 3. The number of halogens is 1. The van der Waals surface area contributed by atoms with Gasteiger partial charge in [0.1, 0.15) is 6.61 Å². The van der Waals surface area contributed by atoms with Crippen LogP contribution in [0, 0.1) is 0 Å². The molecule has 1 aromatic carbocycles. The average molecular weight is 285 g/mol. The van der Waals surface area contributed by atoms with Crippen LogP contribution in [0.2, 0.25) is 0 Å². The number of ether oxygens (including phenoxy) is 1. The number of hydrogen-bond donors (Lipinski definition) is 2. The van der Waals surface area contributed by atoms with Crippen LogP contribution in [0.5, 0.6) is 0 Å². The first-order valence-electron chi connectivity index (χ1n) is 6.49. The Morgan fingerprint density at radius 1 is 1.42 bits per heavy atom. The maximum absolute atomic E-state index is 11.6. The van der Waals surface area contributed by atoms with Crippen molar-refractivity contribution >= 4 is 24.0 Å². The average Bonchev–Trinajstić information content (AvgIpc) is 2.39. The molecule has 106 valence electrons. The molecule has 19 heavy (non-hydrogen) atoms. The number of rotatable bonds is 5. The van der Waals surface area contributed by atoms with Crippen molar-refractivity contribution in [3.05, 3.63) is 29.3 Å². The van der Waals surface area contributed by atoms with E-state index >= 15 is 0 Å². The Balaban J connectivity index is 0.00000180. The van der Waals surface area contributed by atoms with Gasteiger partial charge in [0, 0.05) is 18.8 Å². The van der Waals surface area contributed by atoms with Gasteiger partial charge in [-0.15, -0.1) is 12.4 Å². The van der Waals surface area contributed by atoms with Crippen molar-refractivity contribution in [2.24, 2.45) is 0 Å². The number of carbonyl (C=O) groups is 1. The summed E-state index contributed by atoms with van der Waals surface area (Å²) >= 11 is 0. The molecule has 2 rings (SSSR count). The molecule has 1 aromatic rings. The fourth-order valence-electron chi connectivity index (χ4n) is 2.06. The van der Waals surface area contributed by atoms with Crippen molar-refractivity contribution in [2.45, 2.75) is 26.3 Å². The smallest absolute Gasteiger partial charge is 0.250 e. The molecule has 0 atom stereocenters. The zero-order chi connectivity index (χ0) is 12.8. The van der Waals surface area contributed by atoms with E-state index in [1.54, 1.807) is 0 Å².